The largest absolute Gasteiger partial charge is 0.260 e. The Balaban J connectivity index is 0.000000771. The summed E-state index contributed by atoms with van der Waals surface area (Å²) in [5, 5.41) is 0. The first kappa shape index (κ1) is 14.4. The molecule has 2 aromatic rings. The van der Waals surface area contributed by atoms with E-state index in [1.807, 2.05) is 20.0 Å². The first-order valence-electron chi connectivity index (χ1n) is 6.70. The predicted molar refractivity (Wildman–Crippen MR) is 79.8 cm³/mol. The summed E-state index contributed by atoms with van der Waals surface area (Å²) in [5.74, 6) is 0.493. The van der Waals surface area contributed by atoms with Crippen molar-refractivity contribution < 1.29 is 0 Å². The summed E-state index contributed by atoms with van der Waals surface area (Å²) in [6.07, 6.45) is 1.96. The minimum absolute atomic E-state index is 0.493. The highest BCUT2D eigenvalue weighted by molar-refractivity contribution is 5.62. The van der Waals surface area contributed by atoms with Crippen molar-refractivity contribution in [3.63, 3.8) is 0 Å². The maximum absolute atomic E-state index is 4.48. The third-order valence-electron chi connectivity index (χ3n) is 2.76. The van der Waals surface area contributed by atoms with Gasteiger partial charge < -0.3 is 0 Å². The van der Waals surface area contributed by atoms with E-state index in [9.17, 15) is 0 Å². The van der Waals surface area contributed by atoms with E-state index in [1.165, 1.54) is 16.7 Å². The van der Waals surface area contributed by atoms with E-state index in [0.717, 1.165) is 5.69 Å². The highest BCUT2D eigenvalue weighted by Crippen LogP contribution is 2.20. The Kier molecular flexibility index (Phi) is 5.57. The summed E-state index contributed by atoms with van der Waals surface area (Å²) in [7, 11) is 0. The molecule has 0 saturated heterocycles. The Morgan fingerprint density at radius 1 is 0.833 bits per heavy atom. The van der Waals surface area contributed by atoms with Crippen molar-refractivity contribution in [3.8, 4) is 11.1 Å². The van der Waals surface area contributed by atoms with E-state index in [-0.39, 0.29) is 0 Å². The molecule has 0 spiro atoms. The third-order valence-corrected chi connectivity index (χ3v) is 2.76. The van der Waals surface area contributed by atoms with Gasteiger partial charge in [0.2, 0.25) is 0 Å². The van der Waals surface area contributed by atoms with Gasteiger partial charge in [-0.05, 0) is 24.5 Å². The lowest BCUT2D eigenvalue weighted by atomic mass is 10.0. The number of pyridine rings is 1. The van der Waals surface area contributed by atoms with Gasteiger partial charge in [0.15, 0.2) is 0 Å². The Labute approximate surface area is 111 Å². The van der Waals surface area contributed by atoms with Crippen molar-refractivity contribution in [1.82, 2.24) is 4.98 Å². The molecule has 0 bridgehead atoms. The molecule has 0 amide bonds. The van der Waals surface area contributed by atoms with Crippen molar-refractivity contribution in [1.29, 1.82) is 0 Å². The smallest absolute Gasteiger partial charge is 0.0429 e. The fraction of sp³-hybridized carbons (Fsp3) is 0.353. The standard InChI is InChI=1S/C15H17N.C2H6/c1-11(2)15-9-8-14(10-16-15)13-6-4-12(3)5-7-13;1-2/h4-11H,1-3H3;1-2H3. The highest BCUT2D eigenvalue weighted by Gasteiger charge is 2.01. The molecule has 0 radical (unpaired) electrons. The molecule has 0 aliphatic carbocycles. The van der Waals surface area contributed by atoms with Crippen LogP contribution < -0.4 is 0 Å². The third kappa shape index (κ3) is 3.69. The zero-order valence-electron chi connectivity index (χ0n) is 12.1. The Bertz CT molecular complexity index is 452. The number of rotatable bonds is 2. The number of nitrogens with zero attached hydrogens (tertiary/aromatic N) is 1. The monoisotopic (exact) mass is 241 g/mol. The molecule has 1 aromatic heterocycles. The lowest BCUT2D eigenvalue weighted by Gasteiger charge is -2.06. The van der Waals surface area contributed by atoms with Gasteiger partial charge >= 0.3 is 0 Å². The Morgan fingerprint density at radius 3 is 1.83 bits per heavy atom. The fourth-order valence-corrected chi connectivity index (χ4v) is 1.66. The van der Waals surface area contributed by atoms with E-state index in [4.69, 9.17) is 0 Å². The second-order valence-corrected chi connectivity index (χ2v) is 4.49. The number of benzene rings is 1. The van der Waals surface area contributed by atoms with E-state index in [1.54, 1.807) is 0 Å². The molecular weight excluding hydrogens is 218 g/mol. The van der Waals surface area contributed by atoms with Gasteiger partial charge in [0.05, 0.1) is 0 Å². The first-order valence-corrected chi connectivity index (χ1v) is 6.70. The maximum atomic E-state index is 4.48. The van der Waals surface area contributed by atoms with E-state index in [2.05, 4.69) is 62.2 Å². The number of hydrogen-bond acceptors (Lipinski definition) is 1. The minimum atomic E-state index is 0.493. The molecule has 0 unspecified atom stereocenters. The molecule has 1 heterocycles. The molecule has 1 aromatic carbocycles. The lowest BCUT2D eigenvalue weighted by molar-refractivity contribution is 0.823. The first-order chi connectivity index (χ1) is 8.66. The van der Waals surface area contributed by atoms with E-state index >= 15 is 0 Å². The number of aryl methyl sites for hydroxylation is 1. The van der Waals surface area contributed by atoms with Crippen LogP contribution in [0.15, 0.2) is 42.6 Å². The summed E-state index contributed by atoms with van der Waals surface area (Å²) in [4.78, 5) is 4.48. The van der Waals surface area contributed by atoms with E-state index in [0.29, 0.717) is 5.92 Å². The van der Waals surface area contributed by atoms with Crippen LogP contribution in [0.1, 0.15) is 44.9 Å². The van der Waals surface area contributed by atoms with Crippen LogP contribution in [-0.2, 0) is 0 Å². The Hall–Kier alpha value is -1.63. The van der Waals surface area contributed by atoms with Gasteiger partial charge in [-0.2, -0.15) is 0 Å². The fourth-order valence-electron chi connectivity index (χ4n) is 1.66. The molecule has 96 valence electrons. The zero-order chi connectivity index (χ0) is 13.5. The summed E-state index contributed by atoms with van der Waals surface area (Å²) < 4.78 is 0. The summed E-state index contributed by atoms with van der Waals surface area (Å²) in [6.45, 7) is 10.4. The molecule has 0 saturated carbocycles. The summed E-state index contributed by atoms with van der Waals surface area (Å²) in [6, 6.07) is 12.8. The van der Waals surface area contributed by atoms with Gasteiger partial charge in [-0.1, -0.05) is 63.6 Å². The average Bonchev–Trinajstić information content (AvgIpc) is 2.42. The summed E-state index contributed by atoms with van der Waals surface area (Å²) in [5.41, 5.74) is 4.85. The lowest BCUT2D eigenvalue weighted by Crippen LogP contribution is -1.91. The molecule has 0 N–H and O–H groups in total. The molecule has 0 aliphatic heterocycles. The second kappa shape index (κ2) is 6.95. The molecule has 1 nitrogen and oxygen atoms in total. The van der Waals surface area contributed by atoms with Crippen LogP contribution in [0.4, 0.5) is 0 Å². The SMILES string of the molecule is CC.Cc1ccc(-c2ccc(C(C)C)nc2)cc1. The average molecular weight is 241 g/mol. The molecule has 1 heteroatoms. The molecule has 0 aliphatic rings. The van der Waals surface area contributed by atoms with Gasteiger partial charge in [0.25, 0.3) is 0 Å². The maximum Gasteiger partial charge on any atom is 0.0429 e. The van der Waals surface area contributed by atoms with Crippen molar-refractivity contribution in [2.45, 2.75) is 40.5 Å². The topological polar surface area (TPSA) is 12.9 Å². The van der Waals surface area contributed by atoms with Crippen LogP contribution >= 0.6 is 0 Å². The van der Waals surface area contributed by atoms with Crippen LogP contribution in [-0.4, -0.2) is 4.98 Å². The van der Waals surface area contributed by atoms with E-state index < -0.39 is 0 Å². The molecule has 0 atom stereocenters. The quantitative estimate of drug-likeness (QED) is 0.703. The van der Waals surface area contributed by atoms with Gasteiger partial charge in [-0.25, -0.2) is 0 Å². The van der Waals surface area contributed by atoms with Gasteiger partial charge in [-0.3, -0.25) is 4.98 Å². The van der Waals surface area contributed by atoms with Gasteiger partial charge in [0, 0.05) is 17.5 Å². The zero-order valence-corrected chi connectivity index (χ0v) is 12.1. The minimum Gasteiger partial charge on any atom is -0.260 e. The van der Waals surface area contributed by atoms with Crippen molar-refractivity contribution in [2.75, 3.05) is 0 Å². The number of aromatic nitrogens is 1. The molecule has 0 fully saturated rings. The normalized spacial score (nSPS) is 9.89. The number of hydrogen-bond donors (Lipinski definition) is 0. The van der Waals surface area contributed by atoms with Crippen LogP contribution in [0, 0.1) is 6.92 Å². The van der Waals surface area contributed by atoms with Crippen LogP contribution in [0.5, 0.6) is 0 Å². The van der Waals surface area contributed by atoms with Gasteiger partial charge in [-0.15, -0.1) is 0 Å². The molecule has 18 heavy (non-hydrogen) atoms. The van der Waals surface area contributed by atoms with Crippen LogP contribution in [0.25, 0.3) is 11.1 Å². The molecule has 2 rings (SSSR count). The van der Waals surface area contributed by atoms with Crippen molar-refractivity contribution in [2.24, 2.45) is 0 Å². The predicted octanol–water partition coefficient (Wildman–Crippen LogP) is 5.21. The van der Waals surface area contributed by atoms with Gasteiger partial charge in [0.1, 0.15) is 0 Å². The van der Waals surface area contributed by atoms with Crippen molar-refractivity contribution >= 4 is 0 Å². The highest BCUT2D eigenvalue weighted by atomic mass is 14.7. The van der Waals surface area contributed by atoms with Crippen LogP contribution in [0.2, 0.25) is 0 Å². The molecular formula is C17H23N. The van der Waals surface area contributed by atoms with Crippen LogP contribution in [0.3, 0.4) is 0 Å². The second-order valence-electron chi connectivity index (χ2n) is 4.49. The Morgan fingerprint density at radius 2 is 1.39 bits per heavy atom. The van der Waals surface area contributed by atoms with Crippen molar-refractivity contribution in [3.05, 3.63) is 53.9 Å². The summed E-state index contributed by atoms with van der Waals surface area (Å²) >= 11 is 0.